The minimum absolute atomic E-state index is 0.409. The molecule has 3 nitrogen and oxygen atoms in total. The monoisotopic (exact) mass is 281 g/mol. The van der Waals surface area contributed by atoms with Crippen LogP contribution in [-0.2, 0) is 4.79 Å². The summed E-state index contributed by atoms with van der Waals surface area (Å²) in [5.74, 6) is -0.0298. The van der Waals surface area contributed by atoms with Crippen molar-refractivity contribution in [1.82, 2.24) is 4.90 Å². The molecule has 1 heterocycles. The Labute approximate surface area is 123 Å². The molecular weight excluding hydrogens is 250 g/mol. The summed E-state index contributed by atoms with van der Waals surface area (Å²) in [6.07, 6.45) is 8.88. The lowest BCUT2D eigenvalue weighted by Gasteiger charge is -2.59. The first-order valence-corrected chi connectivity index (χ1v) is 8.46. The third kappa shape index (κ3) is 2.74. The molecule has 1 saturated heterocycles. The predicted octanol–water partition coefficient (Wildman–Crippen LogP) is 3.92. The maximum atomic E-state index is 11.9. The van der Waals surface area contributed by atoms with E-state index in [9.17, 15) is 9.90 Å². The number of carboxylic acid groups (broad SMARTS) is 1. The molecule has 2 unspecified atom stereocenters. The molecule has 2 aliphatic rings. The number of nitrogens with zero attached hydrogens (tertiary/aromatic N) is 1. The van der Waals surface area contributed by atoms with Gasteiger partial charge in [0.05, 0.1) is 0 Å². The van der Waals surface area contributed by atoms with Gasteiger partial charge in [-0.25, -0.2) is 0 Å². The standard InChI is InChI=1S/C17H31NO2/c1-4-8-16(9-5-2)12-18(13-16)17(15(19)20)10-6-7-14(3)11-17/h14H,4-13H2,1-3H3,(H,19,20). The maximum absolute atomic E-state index is 11.9. The molecule has 1 N–H and O–H groups in total. The van der Waals surface area contributed by atoms with Crippen LogP contribution in [0.25, 0.3) is 0 Å². The highest BCUT2D eigenvalue weighted by Gasteiger charge is 2.55. The van der Waals surface area contributed by atoms with Crippen molar-refractivity contribution in [3.05, 3.63) is 0 Å². The van der Waals surface area contributed by atoms with Crippen molar-refractivity contribution in [3.63, 3.8) is 0 Å². The lowest BCUT2D eigenvalue weighted by Crippen LogP contribution is -2.69. The van der Waals surface area contributed by atoms with Gasteiger partial charge in [0.1, 0.15) is 5.54 Å². The zero-order valence-corrected chi connectivity index (χ0v) is 13.5. The van der Waals surface area contributed by atoms with Crippen molar-refractivity contribution >= 4 is 5.97 Å². The molecule has 0 aromatic rings. The minimum Gasteiger partial charge on any atom is -0.480 e. The molecule has 0 amide bonds. The van der Waals surface area contributed by atoms with Gasteiger partial charge in [-0.15, -0.1) is 0 Å². The van der Waals surface area contributed by atoms with Crippen LogP contribution in [0.1, 0.15) is 72.1 Å². The van der Waals surface area contributed by atoms with Crippen molar-refractivity contribution in [3.8, 4) is 0 Å². The molecule has 0 aromatic heterocycles. The zero-order chi connectivity index (χ0) is 14.8. The van der Waals surface area contributed by atoms with Crippen molar-refractivity contribution in [1.29, 1.82) is 0 Å². The van der Waals surface area contributed by atoms with Gasteiger partial charge >= 0.3 is 5.97 Å². The second kappa shape index (κ2) is 6.05. The molecule has 2 fully saturated rings. The number of carboxylic acids is 1. The van der Waals surface area contributed by atoms with Gasteiger partial charge in [0, 0.05) is 13.1 Å². The minimum atomic E-state index is -0.578. The van der Waals surface area contributed by atoms with E-state index in [0.29, 0.717) is 11.3 Å². The smallest absolute Gasteiger partial charge is 0.324 e. The number of likely N-dealkylation sites (tertiary alicyclic amines) is 1. The second-order valence-corrected chi connectivity index (χ2v) is 7.39. The van der Waals surface area contributed by atoms with Crippen LogP contribution in [0.15, 0.2) is 0 Å². The molecule has 3 heteroatoms. The summed E-state index contributed by atoms with van der Waals surface area (Å²) < 4.78 is 0. The Bertz CT molecular complexity index is 341. The average Bonchev–Trinajstić information content (AvgIpc) is 2.35. The zero-order valence-electron chi connectivity index (χ0n) is 13.5. The lowest BCUT2D eigenvalue weighted by molar-refractivity contribution is -0.171. The number of aliphatic carboxylic acids is 1. The third-order valence-electron chi connectivity index (χ3n) is 5.59. The number of carbonyl (C=O) groups is 1. The lowest BCUT2D eigenvalue weighted by atomic mass is 9.66. The Morgan fingerprint density at radius 3 is 2.30 bits per heavy atom. The molecule has 20 heavy (non-hydrogen) atoms. The summed E-state index contributed by atoms with van der Waals surface area (Å²) in [5, 5.41) is 9.83. The molecule has 0 radical (unpaired) electrons. The summed E-state index contributed by atoms with van der Waals surface area (Å²) in [6.45, 7) is 8.72. The van der Waals surface area contributed by atoms with E-state index in [4.69, 9.17) is 0 Å². The van der Waals surface area contributed by atoms with Gasteiger partial charge in [-0.3, -0.25) is 9.69 Å². The van der Waals surface area contributed by atoms with Crippen LogP contribution < -0.4 is 0 Å². The first-order valence-electron chi connectivity index (χ1n) is 8.46. The summed E-state index contributed by atoms with van der Waals surface area (Å²) in [4.78, 5) is 14.2. The number of hydrogen-bond acceptors (Lipinski definition) is 2. The molecule has 2 rings (SSSR count). The molecule has 0 bridgehead atoms. The van der Waals surface area contributed by atoms with Crippen LogP contribution in [0.3, 0.4) is 0 Å². The van der Waals surface area contributed by atoms with Crippen LogP contribution in [0, 0.1) is 11.3 Å². The van der Waals surface area contributed by atoms with E-state index >= 15 is 0 Å². The normalized spacial score (nSPS) is 33.6. The van der Waals surface area contributed by atoms with E-state index in [2.05, 4.69) is 25.7 Å². The van der Waals surface area contributed by atoms with Gasteiger partial charge in [0.15, 0.2) is 0 Å². The number of rotatable bonds is 6. The molecule has 2 atom stereocenters. The van der Waals surface area contributed by atoms with Gasteiger partial charge in [-0.1, -0.05) is 46.5 Å². The largest absolute Gasteiger partial charge is 0.480 e. The van der Waals surface area contributed by atoms with Crippen LogP contribution >= 0.6 is 0 Å². The molecule has 1 aliphatic carbocycles. The SMILES string of the molecule is CCCC1(CCC)CN(C2(C(=O)O)CCCC(C)C2)C1. The Balaban J connectivity index is 2.08. The first-order chi connectivity index (χ1) is 9.48. The highest BCUT2D eigenvalue weighted by atomic mass is 16.4. The van der Waals surface area contributed by atoms with E-state index in [0.717, 1.165) is 32.4 Å². The molecule has 1 saturated carbocycles. The van der Waals surface area contributed by atoms with Crippen molar-refractivity contribution in [2.75, 3.05) is 13.1 Å². The van der Waals surface area contributed by atoms with Gasteiger partial charge < -0.3 is 5.11 Å². The van der Waals surface area contributed by atoms with Crippen LogP contribution in [0.2, 0.25) is 0 Å². The first kappa shape index (κ1) is 15.8. The average molecular weight is 281 g/mol. The van der Waals surface area contributed by atoms with Crippen LogP contribution in [0.5, 0.6) is 0 Å². The fourth-order valence-electron chi connectivity index (χ4n) is 4.71. The summed E-state index contributed by atoms with van der Waals surface area (Å²) in [5.41, 5.74) is -0.144. The van der Waals surface area contributed by atoms with E-state index in [1.165, 1.54) is 32.1 Å². The van der Waals surface area contributed by atoms with Gasteiger partial charge in [-0.05, 0) is 37.0 Å². The Morgan fingerprint density at radius 1 is 1.25 bits per heavy atom. The molecule has 116 valence electrons. The quantitative estimate of drug-likeness (QED) is 0.802. The van der Waals surface area contributed by atoms with Gasteiger partial charge in [-0.2, -0.15) is 0 Å². The highest BCUT2D eigenvalue weighted by molar-refractivity contribution is 5.79. The Hall–Kier alpha value is -0.570. The van der Waals surface area contributed by atoms with E-state index in [-0.39, 0.29) is 0 Å². The Kier molecular flexibility index (Phi) is 4.78. The summed E-state index contributed by atoms with van der Waals surface area (Å²) in [6, 6.07) is 0. The molecular formula is C17H31NO2. The van der Waals surface area contributed by atoms with E-state index < -0.39 is 11.5 Å². The fraction of sp³-hybridized carbons (Fsp3) is 0.941. The van der Waals surface area contributed by atoms with Crippen molar-refractivity contribution in [2.45, 2.75) is 77.7 Å². The van der Waals surface area contributed by atoms with Gasteiger partial charge in [0.25, 0.3) is 0 Å². The summed E-state index contributed by atoms with van der Waals surface area (Å²) in [7, 11) is 0. The van der Waals surface area contributed by atoms with Crippen molar-refractivity contribution in [2.24, 2.45) is 11.3 Å². The maximum Gasteiger partial charge on any atom is 0.324 e. The second-order valence-electron chi connectivity index (χ2n) is 7.39. The van der Waals surface area contributed by atoms with E-state index in [1.807, 2.05) is 0 Å². The molecule has 1 aliphatic heterocycles. The third-order valence-corrected chi connectivity index (χ3v) is 5.59. The molecule has 0 aromatic carbocycles. The van der Waals surface area contributed by atoms with Gasteiger partial charge in [0.2, 0.25) is 0 Å². The molecule has 0 spiro atoms. The van der Waals surface area contributed by atoms with Crippen LogP contribution in [-0.4, -0.2) is 34.6 Å². The fourth-order valence-corrected chi connectivity index (χ4v) is 4.71. The van der Waals surface area contributed by atoms with Crippen LogP contribution in [0.4, 0.5) is 0 Å². The highest BCUT2D eigenvalue weighted by Crippen LogP contribution is 2.47. The van der Waals surface area contributed by atoms with E-state index in [1.54, 1.807) is 0 Å². The number of hydrogen-bond donors (Lipinski definition) is 1. The summed E-state index contributed by atoms with van der Waals surface area (Å²) >= 11 is 0. The topological polar surface area (TPSA) is 40.5 Å². The predicted molar refractivity (Wildman–Crippen MR) is 81.8 cm³/mol. The van der Waals surface area contributed by atoms with Crippen molar-refractivity contribution < 1.29 is 9.90 Å². The Morgan fingerprint density at radius 2 is 1.85 bits per heavy atom.